The lowest BCUT2D eigenvalue weighted by atomic mass is 9.76. The maximum absolute atomic E-state index is 11.8. The van der Waals surface area contributed by atoms with Crippen LogP contribution in [0.3, 0.4) is 0 Å². The number of benzene rings is 1. The zero-order valence-electron chi connectivity index (χ0n) is 21.5. The Morgan fingerprint density at radius 3 is 1.61 bits per heavy atom. The minimum Gasteiger partial charge on any atom is -0.302 e. The van der Waals surface area contributed by atoms with Crippen molar-refractivity contribution >= 4 is 11.9 Å². The van der Waals surface area contributed by atoms with Gasteiger partial charge in [-0.25, -0.2) is 0 Å². The summed E-state index contributed by atoms with van der Waals surface area (Å²) < 4.78 is 0. The molecule has 0 aliphatic heterocycles. The van der Waals surface area contributed by atoms with Crippen molar-refractivity contribution < 1.29 is 4.79 Å². The number of aldehydes is 1. The van der Waals surface area contributed by atoms with Crippen LogP contribution in [0.1, 0.15) is 134 Å². The highest BCUT2D eigenvalue weighted by Crippen LogP contribution is 2.36. The molecule has 1 nitrogen and oxygen atoms in total. The van der Waals surface area contributed by atoms with Gasteiger partial charge < -0.3 is 4.79 Å². The number of allylic oxidation sites excluding steroid dienone is 4. The summed E-state index contributed by atoms with van der Waals surface area (Å²) in [6.45, 7) is 2.29. The summed E-state index contributed by atoms with van der Waals surface area (Å²) in [6, 6.07) is 10.5. The van der Waals surface area contributed by atoms with Crippen LogP contribution in [0.4, 0.5) is 0 Å². The van der Waals surface area contributed by atoms with E-state index < -0.39 is 0 Å². The molecule has 0 N–H and O–H groups in total. The van der Waals surface area contributed by atoms with E-state index in [4.69, 9.17) is 0 Å². The van der Waals surface area contributed by atoms with Crippen molar-refractivity contribution in [3.8, 4) is 0 Å². The molecule has 0 spiro atoms. The van der Waals surface area contributed by atoms with E-state index in [1.165, 1.54) is 120 Å². The van der Waals surface area contributed by atoms with Gasteiger partial charge in [0.25, 0.3) is 0 Å². The van der Waals surface area contributed by atoms with Crippen molar-refractivity contribution in [2.45, 2.75) is 129 Å². The molecule has 1 atom stereocenters. The quantitative estimate of drug-likeness (QED) is 0.143. The van der Waals surface area contributed by atoms with Gasteiger partial charge in [0, 0.05) is 5.41 Å². The van der Waals surface area contributed by atoms with Crippen molar-refractivity contribution in [1.82, 2.24) is 0 Å². The predicted octanol–water partition coefficient (Wildman–Crippen LogP) is 10.3. The third-order valence-electron chi connectivity index (χ3n) is 7.38. The van der Waals surface area contributed by atoms with E-state index in [1.807, 2.05) is 6.07 Å². The lowest BCUT2D eigenvalue weighted by molar-refractivity contribution is -0.114. The Morgan fingerprint density at radius 2 is 1.18 bits per heavy atom. The molecule has 1 unspecified atom stereocenters. The van der Waals surface area contributed by atoms with Gasteiger partial charge in [-0.05, 0) is 24.0 Å². The highest BCUT2D eigenvalue weighted by molar-refractivity contribution is 5.78. The molecule has 1 aromatic carbocycles. The van der Waals surface area contributed by atoms with Crippen LogP contribution in [0.15, 0.2) is 48.6 Å². The fourth-order valence-corrected chi connectivity index (χ4v) is 5.05. The number of rotatable bonds is 20. The molecule has 1 aliphatic carbocycles. The molecule has 1 aromatic rings. The Morgan fingerprint density at radius 1 is 0.697 bits per heavy atom. The Bertz CT molecular complexity index is 671. The molecule has 1 aliphatic rings. The average Bonchev–Trinajstić information content (AvgIpc) is 2.87. The Balaban J connectivity index is 1.41. The smallest absolute Gasteiger partial charge is 0.130 e. The van der Waals surface area contributed by atoms with E-state index in [2.05, 4.69) is 49.4 Å². The number of hydrogen-bond acceptors (Lipinski definition) is 1. The second-order valence-electron chi connectivity index (χ2n) is 10.3. The SMILES string of the molecule is CCCCCCCCCCCCCCCCCCCC1(C=O)C=CC(c2ccccc2)=CC1. The van der Waals surface area contributed by atoms with Crippen molar-refractivity contribution in [2.75, 3.05) is 0 Å². The second kappa shape index (κ2) is 17.8. The van der Waals surface area contributed by atoms with Crippen LogP contribution >= 0.6 is 0 Å². The summed E-state index contributed by atoms with van der Waals surface area (Å²) in [5.74, 6) is 0. The summed E-state index contributed by atoms with van der Waals surface area (Å²) in [5, 5.41) is 0. The molecule has 0 heterocycles. The molecule has 33 heavy (non-hydrogen) atoms. The molecular formula is C32H50O. The first-order chi connectivity index (χ1) is 16.3. The number of unbranched alkanes of at least 4 members (excludes halogenated alkanes) is 16. The van der Waals surface area contributed by atoms with Gasteiger partial charge >= 0.3 is 0 Å². The lowest BCUT2D eigenvalue weighted by Crippen LogP contribution is -2.21. The van der Waals surface area contributed by atoms with Crippen molar-refractivity contribution in [2.24, 2.45) is 5.41 Å². The van der Waals surface area contributed by atoms with Gasteiger partial charge in [0.15, 0.2) is 0 Å². The van der Waals surface area contributed by atoms with Crippen LogP contribution in [0, 0.1) is 5.41 Å². The summed E-state index contributed by atoms with van der Waals surface area (Å²) >= 11 is 0. The molecule has 0 aromatic heterocycles. The number of carbonyl (C=O) groups excluding carboxylic acids is 1. The maximum atomic E-state index is 11.8. The monoisotopic (exact) mass is 450 g/mol. The van der Waals surface area contributed by atoms with Crippen LogP contribution in [0.2, 0.25) is 0 Å². The van der Waals surface area contributed by atoms with E-state index in [0.29, 0.717) is 0 Å². The van der Waals surface area contributed by atoms with E-state index in [1.54, 1.807) is 0 Å². The molecule has 0 saturated carbocycles. The van der Waals surface area contributed by atoms with Crippen molar-refractivity contribution in [3.05, 3.63) is 54.1 Å². The zero-order chi connectivity index (χ0) is 23.5. The molecule has 0 radical (unpaired) electrons. The highest BCUT2D eigenvalue weighted by Gasteiger charge is 2.27. The first kappa shape index (κ1) is 27.6. The fourth-order valence-electron chi connectivity index (χ4n) is 5.05. The van der Waals surface area contributed by atoms with Gasteiger partial charge in [0.2, 0.25) is 0 Å². The molecule has 0 fully saturated rings. The van der Waals surface area contributed by atoms with E-state index in [-0.39, 0.29) is 5.41 Å². The predicted molar refractivity (Wildman–Crippen MR) is 145 cm³/mol. The summed E-state index contributed by atoms with van der Waals surface area (Å²) in [6.07, 6.45) is 33.3. The molecular weight excluding hydrogens is 400 g/mol. The van der Waals surface area contributed by atoms with Crippen LogP contribution in [0.5, 0.6) is 0 Å². The minimum atomic E-state index is -0.270. The van der Waals surface area contributed by atoms with Gasteiger partial charge in [-0.1, -0.05) is 165 Å². The fraction of sp³-hybridized carbons (Fsp3) is 0.656. The van der Waals surface area contributed by atoms with Gasteiger partial charge in [-0.2, -0.15) is 0 Å². The summed E-state index contributed by atoms with van der Waals surface area (Å²) in [5.41, 5.74) is 2.22. The van der Waals surface area contributed by atoms with Gasteiger partial charge in [0.1, 0.15) is 6.29 Å². The lowest BCUT2D eigenvalue weighted by Gasteiger charge is -2.26. The molecule has 2 rings (SSSR count). The molecule has 1 heteroatoms. The first-order valence-electron chi connectivity index (χ1n) is 14.2. The van der Waals surface area contributed by atoms with Crippen LogP contribution < -0.4 is 0 Å². The van der Waals surface area contributed by atoms with Crippen molar-refractivity contribution in [1.29, 1.82) is 0 Å². The normalized spacial score (nSPS) is 17.8. The van der Waals surface area contributed by atoms with E-state index >= 15 is 0 Å². The zero-order valence-corrected chi connectivity index (χ0v) is 21.5. The maximum Gasteiger partial charge on any atom is 0.130 e. The molecule has 0 bridgehead atoms. The average molecular weight is 451 g/mol. The van der Waals surface area contributed by atoms with Gasteiger partial charge in [0.05, 0.1) is 0 Å². The molecule has 0 saturated heterocycles. The first-order valence-corrected chi connectivity index (χ1v) is 14.2. The topological polar surface area (TPSA) is 17.1 Å². The Kier molecular flexibility index (Phi) is 14.9. The third-order valence-corrected chi connectivity index (χ3v) is 7.38. The molecule has 184 valence electrons. The van der Waals surface area contributed by atoms with Crippen molar-refractivity contribution in [3.63, 3.8) is 0 Å². The van der Waals surface area contributed by atoms with Gasteiger partial charge in [-0.3, -0.25) is 0 Å². The Labute approximate surface area is 205 Å². The third kappa shape index (κ3) is 11.9. The number of carbonyl (C=O) groups is 1. The highest BCUT2D eigenvalue weighted by atomic mass is 16.1. The van der Waals surface area contributed by atoms with Gasteiger partial charge in [-0.15, -0.1) is 0 Å². The summed E-state index contributed by atoms with van der Waals surface area (Å²) in [4.78, 5) is 11.8. The Hall–Kier alpha value is -1.63. The van der Waals surface area contributed by atoms with E-state index in [9.17, 15) is 4.79 Å². The van der Waals surface area contributed by atoms with Crippen LogP contribution in [-0.4, -0.2) is 6.29 Å². The largest absolute Gasteiger partial charge is 0.302 e. The number of hydrogen-bond donors (Lipinski definition) is 0. The summed E-state index contributed by atoms with van der Waals surface area (Å²) in [7, 11) is 0. The minimum absolute atomic E-state index is 0.270. The van der Waals surface area contributed by atoms with Crippen LogP contribution in [-0.2, 0) is 4.79 Å². The standard InChI is InChI=1S/C32H50O/c1-2-3-4-5-6-7-8-9-10-11-12-13-14-15-16-17-21-26-32(29-33)27-24-31(25-28-32)30-22-19-18-20-23-30/h18-20,22-25,27,29H,2-17,21,26,28H2,1H3. The van der Waals surface area contributed by atoms with Crippen LogP contribution in [0.25, 0.3) is 5.57 Å². The molecule has 0 amide bonds. The second-order valence-corrected chi connectivity index (χ2v) is 10.3. The van der Waals surface area contributed by atoms with E-state index in [0.717, 1.165) is 19.3 Å².